The summed E-state index contributed by atoms with van der Waals surface area (Å²) in [5.41, 5.74) is 1.69. The number of nitrogens with zero attached hydrogens (tertiary/aromatic N) is 2. The molecule has 0 fully saturated rings. The summed E-state index contributed by atoms with van der Waals surface area (Å²) in [5, 5.41) is 8.96. The van der Waals surface area contributed by atoms with Crippen LogP contribution in [0, 0.1) is 3.57 Å². The Hall–Kier alpha value is -3.17. The summed E-state index contributed by atoms with van der Waals surface area (Å²) in [6.45, 7) is 6.94. The van der Waals surface area contributed by atoms with Gasteiger partial charge in [-0.2, -0.15) is 0 Å². The molecule has 10 nitrogen and oxygen atoms in total. The van der Waals surface area contributed by atoms with Crippen LogP contribution in [0.15, 0.2) is 55.9 Å². The van der Waals surface area contributed by atoms with E-state index in [9.17, 15) is 14.4 Å². The Labute approximate surface area is 267 Å². The maximum atomic E-state index is 14.0. The Kier molecular flexibility index (Phi) is 10.1. The van der Waals surface area contributed by atoms with E-state index in [0.29, 0.717) is 51.4 Å². The summed E-state index contributed by atoms with van der Waals surface area (Å²) < 4.78 is 25.3. The monoisotopic (exact) mass is 770 g/mol. The van der Waals surface area contributed by atoms with E-state index in [1.54, 1.807) is 50.3 Å². The zero-order chi connectivity index (χ0) is 30.7. The maximum absolute atomic E-state index is 14.0. The molecule has 0 radical (unpaired) electrons. The molecular formula is C29H28BrIN2O8S. The third kappa shape index (κ3) is 6.73. The molecule has 13 heteroatoms. The Morgan fingerprint density at radius 2 is 1.98 bits per heavy atom. The van der Waals surface area contributed by atoms with Crippen molar-refractivity contribution in [2.24, 2.45) is 4.99 Å². The third-order valence-electron chi connectivity index (χ3n) is 6.04. The number of rotatable bonds is 10. The summed E-state index contributed by atoms with van der Waals surface area (Å²) in [6, 6.07) is 8.02. The minimum atomic E-state index is -1.09. The van der Waals surface area contributed by atoms with Gasteiger partial charge < -0.3 is 24.1 Å². The molecule has 1 aliphatic rings. The number of halogens is 2. The van der Waals surface area contributed by atoms with E-state index in [0.717, 1.165) is 0 Å². The first-order valence-corrected chi connectivity index (χ1v) is 15.5. The Morgan fingerprint density at radius 1 is 1.24 bits per heavy atom. The zero-order valence-electron chi connectivity index (χ0n) is 23.4. The fourth-order valence-electron chi connectivity index (χ4n) is 4.40. The van der Waals surface area contributed by atoms with Crippen molar-refractivity contribution in [3.05, 3.63) is 80.5 Å². The van der Waals surface area contributed by atoms with Gasteiger partial charge in [0.05, 0.1) is 49.7 Å². The van der Waals surface area contributed by atoms with Crippen LogP contribution in [0.1, 0.15) is 44.9 Å². The molecule has 3 aromatic rings. The lowest BCUT2D eigenvalue weighted by Gasteiger charge is -2.25. The van der Waals surface area contributed by atoms with Gasteiger partial charge in [0.2, 0.25) is 0 Å². The van der Waals surface area contributed by atoms with Crippen molar-refractivity contribution in [3.63, 3.8) is 0 Å². The van der Waals surface area contributed by atoms with Crippen molar-refractivity contribution in [2.75, 3.05) is 20.3 Å². The summed E-state index contributed by atoms with van der Waals surface area (Å²) in [4.78, 5) is 43.2. The molecule has 0 saturated carbocycles. The van der Waals surface area contributed by atoms with Gasteiger partial charge >= 0.3 is 11.9 Å². The molecular weight excluding hydrogens is 743 g/mol. The largest absolute Gasteiger partial charge is 0.493 e. The van der Waals surface area contributed by atoms with Crippen LogP contribution in [0.25, 0.3) is 6.08 Å². The van der Waals surface area contributed by atoms with Gasteiger partial charge in [-0.3, -0.25) is 9.36 Å². The number of thiazole rings is 1. The van der Waals surface area contributed by atoms with E-state index in [1.807, 2.05) is 36.4 Å². The maximum Gasteiger partial charge on any atom is 0.341 e. The lowest BCUT2D eigenvalue weighted by molar-refractivity contribution is -0.140. The quantitative estimate of drug-likeness (QED) is 0.238. The Morgan fingerprint density at radius 3 is 2.60 bits per heavy atom. The number of carbonyl (C=O) groups is 2. The van der Waals surface area contributed by atoms with E-state index in [-0.39, 0.29) is 23.8 Å². The van der Waals surface area contributed by atoms with Crippen molar-refractivity contribution < 1.29 is 33.6 Å². The minimum Gasteiger partial charge on any atom is -0.493 e. The molecule has 222 valence electrons. The molecule has 1 aliphatic heterocycles. The lowest BCUT2D eigenvalue weighted by Crippen LogP contribution is -2.40. The summed E-state index contributed by atoms with van der Waals surface area (Å²) in [5.74, 6) is -0.251. The van der Waals surface area contributed by atoms with Crippen LogP contribution < -0.4 is 29.1 Å². The number of allylic oxidation sites excluding steroid dienone is 1. The van der Waals surface area contributed by atoms with E-state index >= 15 is 0 Å². The number of carboxylic acids is 1. The fraction of sp³-hybridized carbons (Fsp3) is 0.310. The number of ether oxygens (including phenoxy) is 4. The molecule has 42 heavy (non-hydrogen) atoms. The van der Waals surface area contributed by atoms with Crippen LogP contribution in [0.3, 0.4) is 0 Å². The van der Waals surface area contributed by atoms with Gasteiger partial charge in [-0.25, -0.2) is 14.6 Å². The Bertz CT molecular complexity index is 1740. The van der Waals surface area contributed by atoms with E-state index in [1.165, 1.54) is 23.0 Å². The van der Waals surface area contributed by atoms with Gasteiger partial charge in [0, 0.05) is 0 Å². The number of aromatic nitrogens is 1. The first-order valence-electron chi connectivity index (χ1n) is 12.8. The molecule has 2 aromatic carbocycles. The van der Waals surface area contributed by atoms with Crippen LogP contribution in [-0.4, -0.2) is 48.0 Å². The molecule has 1 atom stereocenters. The van der Waals surface area contributed by atoms with Crippen LogP contribution in [0.5, 0.6) is 17.2 Å². The van der Waals surface area contributed by atoms with Gasteiger partial charge in [0.15, 0.2) is 22.9 Å². The fourth-order valence-corrected chi connectivity index (χ4v) is 7.21. The highest BCUT2D eigenvalue weighted by Crippen LogP contribution is 2.37. The SMILES string of the molecule is CCOC(=O)C1=C(C)N=c2s/c(=C\c3cc(Br)c(OCC(=O)O)c(I)c3)c(=O)n2[C@H]1c1ccc(OC(C)C)c(OC)c1. The van der Waals surface area contributed by atoms with Crippen molar-refractivity contribution in [1.29, 1.82) is 0 Å². The number of hydrogen-bond acceptors (Lipinski definition) is 9. The van der Waals surface area contributed by atoms with Gasteiger partial charge in [0.1, 0.15) is 5.75 Å². The topological polar surface area (TPSA) is 126 Å². The van der Waals surface area contributed by atoms with Gasteiger partial charge in [-0.05, 0) is 108 Å². The normalized spacial score (nSPS) is 14.9. The molecule has 4 rings (SSSR count). The number of methoxy groups -OCH3 is 1. The molecule has 0 saturated heterocycles. The number of carbonyl (C=O) groups excluding carboxylic acids is 1. The van der Waals surface area contributed by atoms with Crippen molar-refractivity contribution >= 4 is 67.9 Å². The van der Waals surface area contributed by atoms with Gasteiger partial charge in [0.25, 0.3) is 5.56 Å². The highest BCUT2D eigenvalue weighted by Gasteiger charge is 2.34. The number of esters is 1. The van der Waals surface area contributed by atoms with Crippen LogP contribution in [0.2, 0.25) is 0 Å². The molecule has 1 aromatic heterocycles. The van der Waals surface area contributed by atoms with E-state index in [4.69, 9.17) is 24.1 Å². The zero-order valence-corrected chi connectivity index (χ0v) is 28.0. The molecule has 2 heterocycles. The molecule has 0 spiro atoms. The average Bonchev–Trinajstić information content (AvgIpc) is 3.21. The number of carboxylic acid groups (broad SMARTS) is 1. The number of benzene rings is 2. The molecule has 0 bridgehead atoms. The van der Waals surface area contributed by atoms with Crippen LogP contribution >= 0.6 is 49.9 Å². The minimum absolute atomic E-state index is 0.0828. The first kappa shape index (κ1) is 31.8. The Balaban J connectivity index is 1.89. The second-order valence-electron chi connectivity index (χ2n) is 9.38. The summed E-state index contributed by atoms with van der Waals surface area (Å²) >= 11 is 6.68. The standard InChI is InChI=1S/C29H28BrIN2O8S/c1-6-39-28(37)24-15(4)32-29-33(25(24)17-7-8-20(41-14(2)3)21(12-17)38-5)27(36)22(42-29)11-16-9-18(30)26(19(31)10-16)40-13-23(34)35/h7-12,14,25H,6,13H2,1-5H3,(H,34,35)/b22-11-/t25-/m0/s1. The first-order chi connectivity index (χ1) is 19.9. The molecule has 1 N–H and O–H groups in total. The molecule has 0 aliphatic carbocycles. The van der Waals surface area contributed by atoms with Crippen molar-refractivity contribution in [2.45, 2.75) is 39.8 Å². The predicted octanol–water partition coefficient (Wildman–Crippen LogP) is 4.42. The third-order valence-corrected chi connectivity index (χ3v) is 8.41. The van der Waals surface area contributed by atoms with Crippen molar-refractivity contribution in [3.8, 4) is 17.2 Å². The second-order valence-corrected chi connectivity index (χ2v) is 12.4. The highest BCUT2D eigenvalue weighted by atomic mass is 127. The summed E-state index contributed by atoms with van der Waals surface area (Å²) in [7, 11) is 1.53. The average molecular weight is 771 g/mol. The van der Waals surface area contributed by atoms with Gasteiger partial charge in [-0.1, -0.05) is 17.4 Å². The van der Waals surface area contributed by atoms with Crippen LogP contribution in [0.4, 0.5) is 0 Å². The molecule has 0 unspecified atom stereocenters. The smallest absolute Gasteiger partial charge is 0.341 e. The van der Waals surface area contributed by atoms with Crippen molar-refractivity contribution in [1.82, 2.24) is 4.57 Å². The highest BCUT2D eigenvalue weighted by molar-refractivity contribution is 14.1. The lowest BCUT2D eigenvalue weighted by atomic mass is 9.95. The summed E-state index contributed by atoms with van der Waals surface area (Å²) in [6.07, 6.45) is 1.64. The second kappa shape index (κ2) is 13.4. The number of fused-ring (bicyclic) bond motifs is 1. The van der Waals surface area contributed by atoms with E-state index in [2.05, 4.69) is 20.9 Å². The number of aliphatic carboxylic acids is 1. The van der Waals surface area contributed by atoms with E-state index < -0.39 is 24.6 Å². The van der Waals surface area contributed by atoms with Crippen LogP contribution in [-0.2, 0) is 14.3 Å². The molecule has 0 amide bonds. The predicted molar refractivity (Wildman–Crippen MR) is 169 cm³/mol. The number of hydrogen-bond donors (Lipinski definition) is 1. The van der Waals surface area contributed by atoms with Gasteiger partial charge in [-0.15, -0.1) is 0 Å².